The number of nitro benzene ring substituents is 1. The van der Waals surface area contributed by atoms with Crippen LogP contribution in [0.4, 0.5) is 5.69 Å². The summed E-state index contributed by atoms with van der Waals surface area (Å²) in [7, 11) is 0. The van der Waals surface area contributed by atoms with Gasteiger partial charge in [0.2, 0.25) is 0 Å². The molecule has 8 nitrogen and oxygen atoms in total. The molecule has 0 saturated carbocycles. The fraction of sp³-hybridized carbons (Fsp3) is 0.190. The topological polar surface area (TPSA) is 102 Å². The molecular formula is C21H20BrN5O3. The van der Waals surface area contributed by atoms with Crippen LogP contribution in [0.1, 0.15) is 35.0 Å². The second-order valence-corrected chi connectivity index (χ2v) is 7.44. The molecule has 0 aliphatic heterocycles. The van der Waals surface area contributed by atoms with E-state index in [9.17, 15) is 14.9 Å². The van der Waals surface area contributed by atoms with Crippen molar-refractivity contribution in [1.29, 1.82) is 0 Å². The molecule has 3 rings (SSSR count). The van der Waals surface area contributed by atoms with Gasteiger partial charge in [0.25, 0.3) is 11.6 Å². The third-order valence-corrected chi connectivity index (χ3v) is 4.98. The van der Waals surface area contributed by atoms with Gasteiger partial charge in [0.1, 0.15) is 0 Å². The zero-order chi connectivity index (χ0) is 21.5. The molecule has 1 heterocycles. The first-order valence-corrected chi connectivity index (χ1v) is 10.1. The molecule has 9 heteroatoms. The van der Waals surface area contributed by atoms with E-state index >= 15 is 0 Å². The van der Waals surface area contributed by atoms with Crippen LogP contribution in [0.25, 0.3) is 0 Å². The van der Waals surface area contributed by atoms with Crippen molar-refractivity contribution >= 4 is 33.2 Å². The molecule has 1 amide bonds. The van der Waals surface area contributed by atoms with Gasteiger partial charge < -0.3 is 0 Å². The lowest BCUT2D eigenvalue weighted by Gasteiger charge is -2.05. The summed E-state index contributed by atoms with van der Waals surface area (Å²) in [5, 5.41) is 19.3. The highest BCUT2D eigenvalue weighted by Gasteiger charge is 2.15. The zero-order valence-electron chi connectivity index (χ0n) is 16.3. The van der Waals surface area contributed by atoms with E-state index in [2.05, 4.69) is 31.6 Å². The minimum Gasteiger partial charge on any atom is -0.266 e. The Labute approximate surface area is 181 Å². The molecule has 0 fully saturated rings. The lowest BCUT2D eigenvalue weighted by Crippen LogP contribution is -2.21. The monoisotopic (exact) mass is 469 g/mol. The van der Waals surface area contributed by atoms with Crippen molar-refractivity contribution in [3.8, 4) is 0 Å². The van der Waals surface area contributed by atoms with Gasteiger partial charge in [-0.2, -0.15) is 10.2 Å². The Bertz CT molecular complexity index is 1060. The molecule has 0 saturated heterocycles. The average Bonchev–Trinajstić information content (AvgIpc) is 3.12. The van der Waals surface area contributed by atoms with Gasteiger partial charge in [-0.05, 0) is 33.5 Å². The van der Waals surface area contributed by atoms with Gasteiger partial charge in [-0.1, -0.05) is 49.4 Å². The molecule has 1 N–H and O–H groups in total. The van der Waals surface area contributed by atoms with Crippen LogP contribution < -0.4 is 5.43 Å². The van der Waals surface area contributed by atoms with Gasteiger partial charge in [-0.25, -0.2) is 5.43 Å². The minimum absolute atomic E-state index is 0.0283. The standard InChI is InChI=1S/C21H20BrN5O3/c1-2-17(12-15-6-4-3-5-7-15)23-24-21(28)20-19(22)14-26(25-20)13-16-8-10-18(11-9-16)27(29)30/h3-11,14H,2,12-13H2,1H3,(H,24,28)/b23-17+. The summed E-state index contributed by atoms with van der Waals surface area (Å²) in [6.45, 7) is 2.37. The number of rotatable bonds is 8. The molecule has 3 aromatic rings. The third-order valence-electron chi connectivity index (χ3n) is 4.40. The number of nitrogens with zero attached hydrogens (tertiary/aromatic N) is 4. The normalized spacial score (nSPS) is 11.3. The molecule has 0 bridgehead atoms. The molecule has 30 heavy (non-hydrogen) atoms. The summed E-state index contributed by atoms with van der Waals surface area (Å²) < 4.78 is 2.13. The molecule has 0 aliphatic rings. The highest BCUT2D eigenvalue weighted by Crippen LogP contribution is 2.17. The first-order chi connectivity index (χ1) is 14.5. The summed E-state index contributed by atoms with van der Waals surface area (Å²) in [6.07, 6.45) is 3.06. The molecular weight excluding hydrogens is 450 g/mol. The molecule has 154 valence electrons. The van der Waals surface area contributed by atoms with Crippen molar-refractivity contribution in [2.45, 2.75) is 26.3 Å². The van der Waals surface area contributed by atoms with Crippen LogP contribution in [0, 0.1) is 10.1 Å². The number of carbonyl (C=O) groups excluding carboxylic acids is 1. The predicted octanol–water partition coefficient (Wildman–Crippen LogP) is 4.34. The predicted molar refractivity (Wildman–Crippen MR) is 117 cm³/mol. The van der Waals surface area contributed by atoms with E-state index < -0.39 is 10.8 Å². The van der Waals surface area contributed by atoms with E-state index in [0.29, 0.717) is 23.9 Å². The summed E-state index contributed by atoms with van der Waals surface area (Å²) in [5.41, 5.74) is 5.64. The van der Waals surface area contributed by atoms with Crippen LogP contribution in [-0.4, -0.2) is 26.3 Å². The Hall–Kier alpha value is -3.33. The van der Waals surface area contributed by atoms with Crippen LogP contribution >= 0.6 is 15.9 Å². The van der Waals surface area contributed by atoms with Gasteiger partial charge in [0.05, 0.1) is 15.9 Å². The lowest BCUT2D eigenvalue weighted by atomic mass is 10.1. The second-order valence-electron chi connectivity index (χ2n) is 6.58. The van der Waals surface area contributed by atoms with Crippen LogP contribution in [0.15, 0.2) is 70.4 Å². The SMILES string of the molecule is CC/C(Cc1ccccc1)=N\NC(=O)c1nn(Cc2ccc([N+](=O)[O-])cc2)cc1Br. The Balaban J connectivity index is 1.66. The van der Waals surface area contributed by atoms with E-state index in [0.717, 1.165) is 16.8 Å². The molecule has 1 aromatic heterocycles. The maximum Gasteiger partial charge on any atom is 0.293 e. The van der Waals surface area contributed by atoms with Gasteiger partial charge in [0, 0.05) is 30.5 Å². The number of hydrogen-bond acceptors (Lipinski definition) is 5. The Morgan fingerprint density at radius 2 is 1.87 bits per heavy atom. The summed E-state index contributed by atoms with van der Waals surface area (Å²) >= 11 is 3.36. The fourth-order valence-corrected chi connectivity index (χ4v) is 3.30. The number of nitro groups is 1. The van der Waals surface area contributed by atoms with Gasteiger partial charge >= 0.3 is 0 Å². The lowest BCUT2D eigenvalue weighted by molar-refractivity contribution is -0.384. The van der Waals surface area contributed by atoms with E-state index in [4.69, 9.17) is 0 Å². The number of nitrogens with one attached hydrogen (secondary N) is 1. The number of amides is 1. The number of hydrogen-bond donors (Lipinski definition) is 1. The summed E-state index contributed by atoms with van der Waals surface area (Å²) in [6, 6.07) is 16.1. The highest BCUT2D eigenvalue weighted by atomic mass is 79.9. The van der Waals surface area contributed by atoms with Crippen molar-refractivity contribution in [2.24, 2.45) is 5.10 Å². The third kappa shape index (κ3) is 5.60. The maximum absolute atomic E-state index is 12.5. The summed E-state index contributed by atoms with van der Waals surface area (Å²) in [4.78, 5) is 22.8. The van der Waals surface area contributed by atoms with Crippen LogP contribution in [0.5, 0.6) is 0 Å². The summed E-state index contributed by atoms with van der Waals surface area (Å²) in [5.74, 6) is -0.414. The van der Waals surface area contributed by atoms with E-state index in [1.807, 2.05) is 37.3 Å². The smallest absolute Gasteiger partial charge is 0.266 e. The molecule has 0 aliphatic carbocycles. The Kier molecular flexibility index (Phi) is 7.08. The average molecular weight is 470 g/mol. The first-order valence-electron chi connectivity index (χ1n) is 9.32. The molecule has 0 spiro atoms. The van der Waals surface area contributed by atoms with Crippen molar-refractivity contribution in [3.63, 3.8) is 0 Å². The second kappa shape index (κ2) is 9.93. The number of benzene rings is 2. The largest absolute Gasteiger partial charge is 0.293 e. The molecule has 0 atom stereocenters. The number of aromatic nitrogens is 2. The van der Waals surface area contributed by atoms with Crippen molar-refractivity contribution in [2.75, 3.05) is 0 Å². The van der Waals surface area contributed by atoms with E-state index in [-0.39, 0.29) is 11.4 Å². The molecule has 2 aromatic carbocycles. The minimum atomic E-state index is -0.445. The van der Waals surface area contributed by atoms with Gasteiger partial charge in [-0.3, -0.25) is 19.6 Å². The van der Waals surface area contributed by atoms with E-state index in [1.165, 1.54) is 12.1 Å². The van der Waals surface area contributed by atoms with E-state index in [1.54, 1.807) is 23.0 Å². The van der Waals surface area contributed by atoms with Crippen LogP contribution in [-0.2, 0) is 13.0 Å². The Morgan fingerprint density at radius 1 is 1.17 bits per heavy atom. The zero-order valence-corrected chi connectivity index (χ0v) is 17.9. The van der Waals surface area contributed by atoms with Crippen LogP contribution in [0.3, 0.4) is 0 Å². The molecule has 0 unspecified atom stereocenters. The number of non-ortho nitro benzene ring substituents is 1. The van der Waals surface area contributed by atoms with Crippen molar-refractivity contribution < 1.29 is 9.72 Å². The number of halogens is 1. The maximum atomic E-state index is 12.5. The quantitative estimate of drug-likeness (QED) is 0.301. The van der Waals surface area contributed by atoms with Gasteiger partial charge in [0.15, 0.2) is 5.69 Å². The number of hydrazone groups is 1. The molecule has 0 radical (unpaired) electrons. The van der Waals surface area contributed by atoms with Crippen LogP contribution in [0.2, 0.25) is 0 Å². The number of carbonyl (C=O) groups is 1. The first kappa shape index (κ1) is 21.4. The van der Waals surface area contributed by atoms with Crippen molar-refractivity contribution in [1.82, 2.24) is 15.2 Å². The Morgan fingerprint density at radius 3 is 2.50 bits per heavy atom. The van der Waals surface area contributed by atoms with Crippen molar-refractivity contribution in [3.05, 3.63) is 92.2 Å². The van der Waals surface area contributed by atoms with Gasteiger partial charge in [-0.15, -0.1) is 0 Å². The fourth-order valence-electron chi connectivity index (χ4n) is 2.80. The highest BCUT2D eigenvalue weighted by molar-refractivity contribution is 9.10.